The molecule has 0 fully saturated rings. The third-order valence-corrected chi connectivity index (χ3v) is 4.70. The van der Waals surface area contributed by atoms with E-state index in [2.05, 4.69) is 4.72 Å². The lowest BCUT2D eigenvalue weighted by molar-refractivity contribution is 0.107. The molecule has 1 unspecified atom stereocenters. The topological polar surface area (TPSA) is 66.4 Å². The molecular weight excluding hydrogens is 281 g/mol. The van der Waals surface area contributed by atoms with Crippen LogP contribution in [0, 0.1) is 11.7 Å². The van der Waals surface area contributed by atoms with Gasteiger partial charge in [0.05, 0.1) is 11.9 Å². The van der Waals surface area contributed by atoms with Crippen LogP contribution in [-0.2, 0) is 15.8 Å². The van der Waals surface area contributed by atoms with Crippen molar-refractivity contribution in [3.63, 3.8) is 0 Å². The second kappa shape index (κ2) is 7.71. The van der Waals surface area contributed by atoms with Crippen LogP contribution in [0.3, 0.4) is 0 Å². The van der Waals surface area contributed by atoms with Gasteiger partial charge in [0.1, 0.15) is 5.82 Å². The molecule has 1 atom stereocenters. The maximum atomic E-state index is 12.7. The maximum Gasteiger partial charge on any atom is 0.215 e. The van der Waals surface area contributed by atoms with Gasteiger partial charge in [-0.3, -0.25) is 0 Å². The highest BCUT2D eigenvalue weighted by molar-refractivity contribution is 7.88. The molecule has 0 heterocycles. The summed E-state index contributed by atoms with van der Waals surface area (Å²) in [6.45, 7) is 3.94. The minimum Gasteiger partial charge on any atom is -0.391 e. The van der Waals surface area contributed by atoms with E-state index in [1.54, 1.807) is 0 Å². The van der Waals surface area contributed by atoms with E-state index in [1.807, 2.05) is 13.8 Å². The van der Waals surface area contributed by atoms with E-state index in [9.17, 15) is 17.9 Å². The van der Waals surface area contributed by atoms with Crippen LogP contribution in [0.2, 0.25) is 0 Å². The molecular formula is C14H22FNO3S. The summed E-state index contributed by atoms with van der Waals surface area (Å²) in [6, 6.07) is 5.32. The molecule has 0 aliphatic rings. The van der Waals surface area contributed by atoms with Gasteiger partial charge in [0.25, 0.3) is 0 Å². The third-order valence-electron chi connectivity index (χ3n) is 3.38. The minimum absolute atomic E-state index is 0.00980. The van der Waals surface area contributed by atoms with E-state index < -0.39 is 21.9 Å². The average molecular weight is 303 g/mol. The number of nitrogens with one attached hydrogen (secondary N) is 1. The summed E-state index contributed by atoms with van der Waals surface area (Å²) in [5.41, 5.74) is 0.510. The molecule has 2 N–H and O–H groups in total. The van der Waals surface area contributed by atoms with Crippen molar-refractivity contribution in [2.75, 3.05) is 6.54 Å². The van der Waals surface area contributed by atoms with Gasteiger partial charge < -0.3 is 5.11 Å². The number of rotatable bonds is 8. The molecule has 0 aliphatic heterocycles. The number of benzene rings is 1. The van der Waals surface area contributed by atoms with Crippen LogP contribution in [0.25, 0.3) is 0 Å². The zero-order chi connectivity index (χ0) is 15.2. The van der Waals surface area contributed by atoms with Crippen LogP contribution < -0.4 is 4.72 Å². The Morgan fingerprint density at radius 1 is 1.20 bits per heavy atom. The van der Waals surface area contributed by atoms with Crippen molar-refractivity contribution >= 4 is 10.0 Å². The molecule has 6 heteroatoms. The van der Waals surface area contributed by atoms with Crippen LogP contribution in [-0.4, -0.2) is 26.2 Å². The molecule has 1 rings (SSSR count). The van der Waals surface area contributed by atoms with E-state index in [-0.39, 0.29) is 18.2 Å². The molecule has 0 aliphatic carbocycles. The molecule has 0 bridgehead atoms. The van der Waals surface area contributed by atoms with Gasteiger partial charge in [0, 0.05) is 6.54 Å². The van der Waals surface area contributed by atoms with Gasteiger partial charge >= 0.3 is 0 Å². The molecule has 20 heavy (non-hydrogen) atoms. The van der Waals surface area contributed by atoms with Gasteiger partial charge in [-0.25, -0.2) is 17.5 Å². The van der Waals surface area contributed by atoms with Crippen molar-refractivity contribution in [1.29, 1.82) is 0 Å². The van der Waals surface area contributed by atoms with Crippen molar-refractivity contribution in [3.8, 4) is 0 Å². The summed E-state index contributed by atoms with van der Waals surface area (Å²) in [7, 11) is -3.52. The van der Waals surface area contributed by atoms with Crippen LogP contribution in [0.1, 0.15) is 32.3 Å². The smallest absolute Gasteiger partial charge is 0.215 e. The Morgan fingerprint density at radius 3 is 2.25 bits per heavy atom. The monoisotopic (exact) mass is 303 g/mol. The Kier molecular flexibility index (Phi) is 6.58. The minimum atomic E-state index is -3.52. The summed E-state index contributed by atoms with van der Waals surface area (Å²) in [4.78, 5) is 0. The zero-order valence-corrected chi connectivity index (χ0v) is 12.7. The number of halogens is 1. The molecule has 0 radical (unpaired) electrons. The van der Waals surface area contributed by atoms with Crippen molar-refractivity contribution < 1.29 is 17.9 Å². The first-order chi connectivity index (χ1) is 9.38. The molecule has 0 saturated carbocycles. The van der Waals surface area contributed by atoms with Gasteiger partial charge in [-0.15, -0.1) is 0 Å². The Labute approximate surface area is 120 Å². The Morgan fingerprint density at radius 2 is 1.75 bits per heavy atom. The van der Waals surface area contributed by atoms with Gasteiger partial charge in [-0.05, 0) is 23.6 Å². The number of aliphatic hydroxyl groups excluding tert-OH is 1. The van der Waals surface area contributed by atoms with E-state index in [0.717, 1.165) is 12.8 Å². The fourth-order valence-corrected chi connectivity index (χ4v) is 3.22. The van der Waals surface area contributed by atoms with Crippen molar-refractivity contribution in [3.05, 3.63) is 35.6 Å². The van der Waals surface area contributed by atoms with E-state index in [1.165, 1.54) is 24.3 Å². The van der Waals surface area contributed by atoms with Crippen LogP contribution in [0.4, 0.5) is 4.39 Å². The normalized spacial score (nSPS) is 13.7. The van der Waals surface area contributed by atoms with Gasteiger partial charge in [-0.2, -0.15) is 0 Å². The molecule has 114 valence electrons. The van der Waals surface area contributed by atoms with Crippen molar-refractivity contribution in [1.82, 2.24) is 4.72 Å². The Balaban J connectivity index is 2.55. The Hall–Kier alpha value is -0.980. The van der Waals surface area contributed by atoms with Crippen LogP contribution in [0.5, 0.6) is 0 Å². The third kappa shape index (κ3) is 5.56. The molecule has 0 aromatic heterocycles. The largest absolute Gasteiger partial charge is 0.391 e. The first kappa shape index (κ1) is 17.1. The predicted molar refractivity (Wildman–Crippen MR) is 77.1 cm³/mol. The highest BCUT2D eigenvalue weighted by Crippen LogP contribution is 2.13. The predicted octanol–water partition coefficient (Wildman–Crippen LogP) is 2.04. The van der Waals surface area contributed by atoms with E-state index in [0.29, 0.717) is 5.56 Å². The number of sulfonamides is 1. The number of aliphatic hydroxyl groups is 1. The number of hydrogen-bond donors (Lipinski definition) is 2. The zero-order valence-electron chi connectivity index (χ0n) is 11.8. The molecule has 0 saturated heterocycles. The van der Waals surface area contributed by atoms with E-state index >= 15 is 0 Å². The summed E-state index contributed by atoms with van der Waals surface area (Å²) in [5, 5.41) is 9.90. The molecule has 0 spiro atoms. The quantitative estimate of drug-likeness (QED) is 0.772. The fourth-order valence-electron chi connectivity index (χ4n) is 2.06. The maximum absolute atomic E-state index is 12.7. The van der Waals surface area contributed by atoms with Crippen LogP contribution >= 0.6 is 0 Å². The lowest BCUT2D eigenvalue weighted by Crippen LogP contribution is -2.36. The Bertz CT molecular complexity index is 498. The van der Waals surface area contributed by atoms with Gasteiger partial charge in [0.2, 0.25) is 10.0 Å². The standard InChI is InChI=1S/C14H22FNO3S/c1-3-12(4-2)14(17)9-16-20(18,19)10-11-5-7-13(15)8-6-11/h5-8,12,14,16-17H,3-4,9-10H2,1-2H3. The summed E-state index contributed by atoms with van der Waals surface area (Å²) in [5.74, 6) is -0.532. The molecule has 4 nitrogen and oxygen atoms in total. The highest BCUT2D eigenvalue weighted by atomic mass is 32.2. The first-order valence-electron chi connectivity index (χ1n) is 6.77. The van der Waals surface area contributed by atoms with Crippen molar-refractivity contribution in [2.24, 2.45) is 5.92 Å². The van der Waals surface area contributed by atoms with Crippen molar-refractivity contribution in [2.45, 2.75) is 38.5 Å². The molecule has 0 amide bonds. The summed E-state index contributed by atoms with van der Waals surface area (Å²) < 4.78 is 38.9. The van der Waals surface area contributed by atoms with Gasteiger partial charge in [-0.1, -0.05) is 38.8 Å². The summed E-state index contributed by atoms with van der Waals surface area (Å²) >= 11 is 0. The SMILES string of the molecule is CCC(CC)C(O)CNS(=O)(=O)Cc1ccc(F)cc1. The fraction of sp³-hybridized carbons (Fsp3) is 0.571. The highest BCUT2D eigenvalue weighted by Gasteiger charge is 2.19. The van der Waals surface area contributed by atoms with Gasteiger partial charge in [0.15, 0.2) is 0 Å². The lowest BCUT2D eigenvalue weighted by atomic mass is 9.97. The first-order valence-corrected chi connectivity index (χ1v) is 8.43. The van der Waals surface area contributed by atoms with Crippen LogP contribution in [0.15, 0.2) is 24.3 Å². The summed E-state index contributed by atoms with van der Waals surface area (Å²) in [6.07, 6.45) is 0.919. The van der Waals surface area contributed by atoms with E-state index in [4.69, 9.17) is 0 Å². The number of hydrogen-bond acceptors (Lipinski definition) is 3. The second-order valence-corrected chi connectivity index (χ2v) is 6.68. The molecule has 1 aromatic carbocycles. The second-order valence-electron chi connectivity index (χ2n) is 4.88. The lowest BCUT2D eigenvalue weighted by Gasteiger charge is -2.20. The molecule has 1 aromatic rings. The average Bonchev–Trinajstić information content (AvgIpc) is 2.40.